The summed E-state index contributed by atoms with van der Waals surface area (Å²) < 4.78 is 5.71. The molecule has 1 fully saturated rings. The molecule has 1 aromatic heterocycles. The molecular formula is C12H19N3O3S. The van der Waals surface area contributed by atoms with Gasteiger partial charge in [0.2, 0.25) is 0 Å². The molecule has 1 aromatic rings. The highest BCUT2D eigenvalue weighted by molar-refractivity contribution is 7.13. The lowest BCUT2D eigenvalue weighted by atomic mass is 10.2. The number of ether oxygens (including phenoxy) is 1. The Labute approximate surface area is 116 Å². The first-order chi connectivity index (χ1) is 9.11. The third-order valence-corrected chi connectivity index (χ3v) is 4.09. The van der Waals surface area contributed by atoms with E-state index in [1.54, 1.807) is 5.38 Å². The first-order valence-electron chi connectivity index (χ1n) is 6.42. The van der Waals surface area contributed by atoms with E-state index in [9.17, 15) is 4.79 Å². The summed E-state index contributed by atoms with van der Waals surface area (Å²) in [5.41, 5.74) is 5.99. The fourth-order valence-corrected chi connectivity index (χ4v) is 2.91. The SMILES string of the molecule is CCC1CN(c2nc(C(N)C(=O)O)cs2)CCCO1. The molecule has 19 heavy (non-hydrogen) atoms. The summed E-state index contributed by atoms with van der Waals surface area (Å²) in [7, 11) is 0. The first-order valence-corrected chi connectivity index (χ1v) is 7.30. The minimum absolute atomic E-state index is 0.211. The lowest BCUT2D eigenvalue weighted by Gasteiger charge is -2.22. The number of carboxylic acid groups (broad SMARTS) is 1. The first kappa shape index (κ1) is 14.2. The monoisotopic (exact) mass is 285 g/mol. The van der Waals surface area contributed by atoms with E-state index < -0.39 is 12.0 Å². The van der Waals surface area contributed by atoms with Crippen molar-refractivity contribution in [3.63, 3.8) is 0 Å². The van der Waals surface area contributed by atoms with E-state index in [1.165, 1.54) is 11.3 Å². The number of rotatable bonds is 4. The van der Waals surface area contributed by atoms with Gasteiger partial charge in [0, 0.05) is 25.1 Å². The molecule has 0 amide bonds. The van der Waals surface area contributed by atoms with Crippen LogP contribution in [-0.4, -0.2) is 41.9 Å². The van der Waals surface area contributed by atoms with Crippen LogP contribution in [0.3, 0.4) is 0 Å². The van der Waals surface area contributed by atoms with Crippen molar-refractivity contribution in [1.29, 1.82) is 0 Å². The second kappa shape index (κ2) is 6.31. The van der Waals surface area contributed by atoms with Crippen molar-refractivity contribution >= 4 is 22.4 Å². The molecule has 2 atom stereocenters. The minimum Gasteiger partial charge on any atom is -0.480 e. The van der Waals surface area contributed by atoms with Crippen LogP contribution >= 0.6 is 11.3 Å². The molecule has 1 aliphatic rings. The average Bonchev–Trinajstić information content (AvgIpc) is 2.76. The van der Waals surface area contributed by atoms with Crippen LogP contribution in [-0.2, 0) is 9.53 Å². The van der Waals surface area contributed by atoms with Gasteiger partial charge in [-0.25, -0.2) is 4.98 Å². The highest BCUT2D eigenvalue weighted by atomic mass is 32.1. The van der Waals surface area contributed by atoms with Crippen LogP contribution in [0.15, 0.2) is 5.38 Å². The Bertz CT molecular complexity index is 438. The Hall–Kier alpha value is -1.18. The highest BCUT2D eigenvalue weighted by Gasteiger charge is 2.22. The zero-order valence-electron chi connectivity index (χ0n) is 10.9. The number of carboxylic acids is 1. The maximum Gasteiger partial charge on any atom is 0.326 e. The van der Waals surface area contributed by atoms with Crippen molar-refractivity contribution in [2.75, 3.05) is 24.6 Å². The molecule has 2 rings (SSSR count). The van der Waals surface area contributed by atoms with Crippen molar-refractivity contribution in [2.24, 2.45) is 5.73 Å². The zero-order chi connectivity index (χ0) is 13.8. The van der Waals surface area contributed by atoms with E-state index in [-0.39, 0.29) is 6.10 Å². The van der Waals surface area contributed by atoms with Crippen molar-refractivity contribution in [1.82, 2.24) is 4.98 Å². The third kappa shape index (κ3) is 3.43. The number of carbonyl (C=O) groups is 1. The molecule has 2 unspecified atom stereocenters. The summed E-state index contributed by atoms with van der Waals surface area (Å²) in [6.07, 6.45) is 2.13. The van der Waals surface area contributed by atoms with Crippen LogP contribution in [0.4, 0.5) is 5.13 Å². The number of nitrogens with two attached hydrogens (primary N) is 1. The molecule has 7 heteroatoms. The molecule has 3 N–H and O–H groups in total. The maximum absolute atomic E-state index is 10.8. The molecule has 1 saturated heterocycles. The Kier molecular flexibility index (Phi) is 4.73. The van der Waals surface area contributed by atoms with Gasteiger partial charge in [-0.15, -0.1) is 11.3 Å². The molecule has 0 spiro atoms. The van der Waals surface area contributed by atoms with Gasteiger partial charge in [-0.2, -0.15) is 0 Å². The van der Waals surface area contributed by atoms with E-state index in [1.807, 2.05) is 0 Å². The van der Waals surface area contributed by atoms with Gasteiger partial charge < -0.3 is 20.5 Å². The molecule has 1 aliphatic heterocycles. The summed E-state index contributed by atoms with van der Waals surface area (Å²) in [4.78, 5) is 17.3. The summed E-state index contributed by atoms with van der Waals surface area (Å²) in [5.74, 6) is -1.05. The van der Waals surface area contributed by atoms with Crippen LogP contribution in [0.2, 0.25) is 0 Å². The van der Waals surface area contributed by atoms with Crippen LogP contribution < -0.4 is 10.6 Å². The number of hydrogen-bond donors (Lipinski definition) is 2. The number of anilines is 1. The van der Waals surface area contributed by atoms with Gasteiger partial charge in [0.15, 0.2) is 5.13 Å². The predicted octanol–water partition coefficient (Wildman–Crippen LogP) is 1.23. The van der Waals surface area contributed by atoms with Gasteiger partial charge in [-0.3, -0.25) is 4.79 Å². The number of hydrogen-bond acceptors (Lipinski definition) is 6. The Balaban J connectivity index is 2.10. The smallest absolute Gasteiger partial charge is 0.326 e. The fraction of sp³-hybridized carbons (Fsp3) is 0.667. The van der Waals surface area contributed by atoms with Gasteiger partial charge in [0.05, 0.1) is 11.8 Å². The molecule has 0 bridgehead atoms. The number of aromatic nitrogens is 1. The van der Waals surface area contributed by atoms with Gasteiger partial charge in [-0.05, 0) is 12.8 Å². The van der Waals surface area contributed by atoms with Crippen LogP contribution in [0.5, 0.6) is 0 Å². The van der Waals surface area contributed by atoms with Crippen LogP contribution in [0.25, 0.3) is 0 Å². The molecule has 0 aromatic carbocycles. The maximum atomic E-state index is 10.8. The largest absolute Gasteiger partial charge is 0.480 e. The second-order valence-electron chi connectivity index (χ2n) is 4.57. The van der Waals surface area contributed by atoms with Crippen molar-refractivity contribution in [3.05, 3.63) is 11.1 Å². The fourth-order valence-electron chi connectivity index (χ4n) is 2.01. The highest BCUT2D eigenvalue weighted by Crippen LogP contribution is 2.25. The standard InChI is InChI=1S/C12H19N3O3S/c1-2-8-6-15(4-3-5-18-8)12-14-9(7-19-12)10(13)11(16)17/h7-8,10H,2-6,13H2,1H3,(H,16,17). The topological polar surface area (TPSA) is 88.7 Å². The Morgan fingerprint density at radius 2 is 2.58 bits per heavy atom. The summed E-state index contributed by atoms with van der Waals surface area (Å²) in [5, 5.41) is 11.4. The van der Waals surface area contributed by atoms with Gasteiger partial charge in [0.25, 0.3) is 0 Å². The molecule has 2 heterocycles. The van der Waals surface area contributed by atoms with Crippen LogP contribution in [0, 0.1) is 0 Å². The van der Waals surface area contributed by atoms with Gasteiger partial charge in [0.1, 0.15) is 6.04 Å². The van der Waals surface area contributed by atoms with Crippen molar-refractivity contribution in [2.45, 2.75) is 31.9 Å². The lowest BCUT2D eigenvalue weighted by Crippen LogP contribution is -2.31. The Morgan fingerprint density at radius 1 is 1.79 bits per heavy atom. The molecular weight excluding hydrogens is 266 g/mol. The normalized spacial score (nSPS) is 22.0. The van der Waals surface area contributed by atoms with Gasteiger partial charge >= 0.3 is 5.97 Å². The Morgan fingerprint density at radius 3 is 3.26 bits per heavy atom. The van der Waals surface area contributed by atoms with Crippen LogP contribution in [0.1, 0.15) is 31.5 Å². The average molecular weight is 285 g/mol. The molecule has 106 valence electrons. The number of nitrogens with zero attached hydrogens (tertiary/aromatic N) is 2. The van der Waals surface area contributed by atoms with E-state index in [2.05, 4.69) is 16.8 Å². The van der Waals surface area contributed by atoms with E-state index in [0.717, 1.165) is 37.7 Å². The van der Waals surface area contributed by atoms with Gasteiger partial charge in [-0.1, -0.05) is 6.92 Å². The minimum atomic E-state index is -1.05. The lowest BCUT2D eigenvalue weighted by molar-refractivity contribution is -0.138. The zero-order valence-corrected chi connectivity index (χ0v) is 11.7. The van der Waals surface area contributed by atoms with E-state index in [4.69, 9.17) is 15.6 Å². The quantitative estimate of drug-likeness (QED) is 0.865. The number of thiazole rings is 1. The number of aliphatic carboxylic acids is 1. The third-order valence-electron chi connectivity index (χ3n) is 3.17. The molecule has 0 radical (unpaired) electrons. The van der Waals surface area contributed by atoms with Crippen molar-refractivity contribution in [3.8, 4) is 0 Å². The summed E-state index contributed by atoms with van der Waals surface area (Å²) in [6, 6.07) is -1.05. The summed E-state index contributed by atoms with van der Waals surface area (Å²) in [6.45, 7) is 4.54. The molecule has 0 aliphatic carbocycles. The second-order valence-corrected chi connectivity index (χ2v) is 5.41. The molecule has 0 saturated carbocycles. The van der Waals surface area contributed by atoms with Crippen molar-refractivity contribution < 1.29 is 14.6 Å². The predicted molar refractivity (Wildman–Crippen MR) is 73.5 cm³/mol. The van der Waals surface area contributed by atoms with E-state index >= 15 is 0 Å². The van der Waals surface area contributed by atoms with E-state index in [0.29, 0.717) is 5.69 Å². The molecule has 6 nitrogen and oxygen atoms in total. The summed E-state index contributed by atoms with van der Waals surface area (Å²) >= 11 is 1.44.